The zero-order valence-electron chi connectivity index (χ0n) is 11.2. The third kappa shape index (κ3) is 3.52. The molecule has 0 amide bonds. The van der Waals surface area contributed by atoms with Gasteiger partial charge in [-0.05, 0) is 11.5 Å². The quantitative estimate of drug-likeness (QED) is 0.871. The van der Waals surface area contributed by atoms with Crippen LogP contribution in [-0.4, -0.2) is 18.3 Å². The second-order valence-electron chi connectivity index (χ2n) is 4.73. The third-order valence-electron chi connectivity index (χ3n) is 3.52. The molecule has 0 saturated carbocycles. The van der Waals surface area contributed by atoms with Crippen molar-refractivity contribution in [3.05, 3.63) is 35.9 Å². The maximum absolute atomic E-state index is 4.60. The molecule has 3 heteroatoms. The van der Waals surface area contributed by atoms with Crippen LogP contribution in [0.2, 0.25) is 0 Å². The van der Waals surface area contributed by atoms with Crippen molar-refractivity contribution in [2.24, 2.45) is 10.9 Å². The fourth-order valence-electron chi connectivity index (χ4n) is 2.12. The normalized spacial score (nSPS) is 19.1. The average molecular weight is 262 g/mol. The summed E-state index contributed by atoms with van der Waals surface area (Å²) in [6.07, 6.45) is 2.48. The lowest BCUT2D eigenvalue weighted by Gasteiger charge is -2.14. The van der Waals surface area contributed by atoms with Crippen LogP contribution in [0.4, 0.5) is 0 Å². The van der Waals surface area contributed by atoms with Gasteiger partial charge in [0.05, 0.1) is 11.8 Å². The van der Waals surface area contributed by atoms with E-state index in [9.17, 15) is 0 Å². The van der Waals surface area contributed by atoms with Gasteiger partial charge >= 0.3 is 0 Å². The van der Waals surface area contributed by atoms with Gasteiger partial charge in [0, 0.05) is 6.54 Å². The minimum Gasteiger partial charge on any atom is -0.365 e. The molecule has 1 atom stereocenters. The molecule has 1 aromatic carbocycles. The fourth-order valence-corrected chi connectivity index (χ4v) is 3.15. The van der Waals surface area contributed by atoms with E-state index in [1.807, 2.05) is 11.8 Å². The highest BCUT2D eigenvalue weighted by atomic mass is 32.2. The number of amidine groups is 1. The lowest BCUT2D eigenvalue weighted by molar-refractivity contribution is 0.486. The molecule has 2 nitrogen and oxygen atoms in total. The van der Waals surface area contributed by atoms with Crippen molar-refractivity contribution in [2.75, 3.05) is 13.1 Å². The Morgan fingerprint density at radius 3 is 2.67 bits per heavy atom. The Labute approximate surface area is 114 Å². The molecule has 0 fully saturated rings. The zero-order chi connectivity index (χ0) is 12.8. The first-order valence-corrected chi connectivity index (χ1v) is 7.71. The summed E-state index contributed by atoms with van der Waals surface area (Å²) >= 11 is 1.87. The van der Waals surface area contributed by atoms with E-state index >= 15 is 0 Å². The average Bonchev–Trinajstić information content (AvgIpc) is 2.90. The van der Waals surface area contributed by atoms with Gasteiger partial charge in [0.15, 0.2) is 5.17 Å². The van der Waals surface area contributed by atoms with Crippen molar-refractivity contribution in [3.8, 4) is 0 Å². The third-order valence-corrected chi connectivity index (χ3v) is 4.73. The standard InChI is InChI=1S/C15H22N2S/c1-3-12(4-2)10-16-15-17-11-14(18-15)13-8-6-5-7-9-13/h5-9,12,14H,3-4,10-11H2,1-2H3,(H,16,17). The number of aliphatic imine (C=N–C) groups is 1. The van der Waals surface area contributed by atoms with E-state index in [2.05, 4.69) is 54.5 Å². The van der Waals surface area contributed by atoms with Gasteiger partial charge in [-0.3, -0.25) is 4.99 Å². The van der Waals surface area contributed by atoms with Crippen LogP contribution in [-0.2, 0) is 0 Å². The Balaban J connectivity index is 1.81. The Morgan fingerprint density at radius 1 is 1.28 bits per heavy atom. The summed E-state index contributed by atoms with van der Waals surface area (Å²) in [4.78, 5) is 4.60. The van der Waals surface area contributed by atoms with Crippen LogP contribution < -0.4 is 5.32 Å². The largest absolute Gasteiger partial charge is 0.365 e. The predicted molar refractivity (Wildman–Crippen MR) is 81.2 cm³/mol. The summed E-state index contributed by atoms with van der Waals surface area (Å²) in [6, 6.07) is 10.7. The fraction of sp³-hybridized carbons (Fsp3) is 0.533. The van der Waals surface area contributed by atoms with E-state index < -0.39 is 0 Å². The molecule has 0 radical (unpaired) electrons. The summed E-state index contributed by atoms with van der Waals surface area (Å²) in [5.41, 5.74) is 1.38. The van der Waals surface area contributed by atoms with E-state index in [0.717, 1.165) is 24.2 Å². The molecular weight excluding hydrogens is 240 g/mol. The lowest BCUT2D eigenvalue weighted by atomic mass is 10.0. The number of nitrogens with zero attached hydrogens (tertiary/aromatic N) is 1. The van der Waals surface area contributed by atoms with Crippen LogP contribution in [0.1, 0.15) is 37.5 Å². The molecule has 0 aliphatic carbocycles. The first-order valence-electron chi connectivity index (χ1n) is 6.83. The highest BCUT2D eigenvalue weighted by Gasteiger charge is 2.21. The number of nitrogens with one attached hydrogen (secondary N) is 1. The smallest absolute Gasteiger partial charge is 0.157 e. The van der Waals surface area contributed by atoms with Gasteiger partial charge in [0.1, 0.15) is 0 Å². The minimum absolute atomic E-state index is 0.496. The molecule has 2 rings (SSSR count). The second kappa shape index (κ2) is 6.83. The Bertz CT molecular complexity index is 385. The van der Waals surface area contributed by atoms with Crippen molar-refractivity contribution in [3.63, 3.8) is 0 Å². The molecule has 1 heterocycles. The summed E-state index contributed by atoms with van der Waals surface area (Å²) in [5.74, 6) is 0.768. The molecule has 0 spiro atoms. The number of rotatable bonds is 5. The first kappa shape index (κ1) is 13.5. The summed E-state index contributed by atoms with van der Waals surface area (Å²) < 4.78 is 0. The predicted octanol–water partition coefficient (Wildman–Crippen LogP) is 3.86. The van der Waals surface area contributed by atoms with Gasteiger partial charge in [-0.1, -0.05) is 68.8 Å². The van der Waals surface area contributed by atoms with Crippen LogP contribution in [0, 0.1) is 5.92 Å². The van der Waals surface area contributed by atoms with Gasteiger partial charge in [-0.25, -0.2) is 0 Å². The van der Waals surface area contributed by atoms with E-state index in [1.165, 1.54) is 18.4 Å². The molecule has 1 aromatic rings. The Morgan fingerprint density at radius 2 is 2.00 bits per heavy atom. The molecule has 18 heavy (non-hydrogen) atoms. The molecular formula is C15H22N2S. The molecule has 98 valence electrons. The summed E-state index contributed by atoms with van der Waals surface area (Å²) in [6.45, 7) is 6.47. The monoisotopic (exact) mass is 262 g/mol. The molecule has 1 aliphatic heterocycles. The van der Waals surface area contributed by atoms with Crippen molar-refractivity contribution in [1.82, 2.24) is 5.32 Å². The van der Waals surface area contributed by atoms with E-state index in [4.69, 9.17) is 0 Å². The SMILES string of the molecule is CCC(CC)CNC1=NCC(c2ccccc2)S1. The van der Waals surface area contributed by atoms with Crippen molar-refractivity contribution in [1.29, 1.82) is 0 Å². The highest BCUT2D eigenvalue weighted by molar-refractivity contribution is 8.14. The van der Waals surface area contributed by atoms with Gasteiger partial charge in [0.2, 0.25) is 0 Å². The topological polar surface area (TPSA) is 24.4 Å². The van der Waals surface area contributed by atoms with Gasteiger partial charge in [0.25, 0.3) is 0 Å². The molecule has 1 N–H and O–H groups in total. The van der Waals surface area contributed by atoms with Crippen LogP contribution in [0.25, 0.3) is 0 Å². The van der Waals surface area contributed by atoms with Crippen molar-refractivity contribution < 1.29 is 0 Å². The van der Waals surface area contributed by atoms with Crippen molar-refractivity contribution in [2.45, 2.75) is 31.9 Å². The maximum Gasteiger partial charge on any atom is 0.157 e. The zero-order valence-corrected chi connectivity index (χ0v) is 12.0. The minimum atomic E-state index is 0.496. The summed E-state index contributed by atoms with van der Waals surface area (Å²) in [5, 5.41) is 5.11. The van der Waals surface area contributed by atoms with Crippen LogP contribution in [0.3, 0.4) is 0 Å². The van der Waals surface area contributed by atoms with E-state index in [0.29, 0.717) is 5.25 Å². The Kier molecular flexibility index (Phi) is 5.12. The Hall–Kier alpha value is -0.960. The molecule has 1 unspecified atom stereocenters. The highest BCUT2D eigenvalue weighted by Crippen LogP contribution is 2.34. The van der Waals surface area contributed by atoms with E-state index in [-0.39, 0.29) is 0 Å². The van der Waals surface area contributed by atoms with Crippen molar-refractivity contribution >= 4 is 16.9 Å². The van der Waals surface area contributed by atoms with Crippen LogP contribution >= 0.6 is 11.8 Å². The lowest BCUT2D eigenvalue weighted by Crippen LogP contribution is -2.25. The first-order chi connectivity index (χ1) is 8.83. The van der Waals surface area contributed by atoms with Gasteiger partial charge < -0.3 is 5.32 Å². The van der Waals surface area contributed by atoms with Gasteiger partial charge in [-0.15, -0.1) is 0 Å². The molecule has 1 aliphatic rings. The second-order valence-corrected chi connectivity index (χ2v) is 5.92. The molecule has 0 aromatic heterocycles. The number of hydrogen-bond donors (Lipinski definition) is 1. The van der Waals surface area contributed by atoms with Crippen LogP contribution in [0.5, 0.6) is 0 Å². The van der Waals surface area contributed by atoms with Gasteiger partial charge in [-0.2, -0.15) is 0 Å². The number of benzene rings is 1. The number of thioether (sulfide) groups is 1. The molecule has 0 bridgehead atoms. The van der Waals surface area contributed by atoms with E-state index in [1.54, 1.807) is 0 Å². The summed E-state index contributed by atoms with van der Waals surface area (Å²) in [7, 11) is 0. The maximum atomic E-state index is 4.60. The number of hydrogen-bond acceptors (Lipinski definition) is 3. The molecule has 0 saturated heterocycles. The van der Waals surface area contributed by atoms with Crippen LogP contribution in [0.15, 0.2) is 35.3 Å².